The van der Waals surface area contributed by atoms with Crippen LogP contribution in [0.3, 0.4) is 0 Å². The first-order chi connectivity index (χ1) is 9.08. The molecule has 0 spiro atoms. The molecule has 1 aromatic rings. The molecule has 1 saturated heterocycles. The molecule has 0 bridgehead atoms. The summed E-state index contributed by atoms with van der Waals surface area (Å²) in [6.45, 7) is 0.905. The van der Waals surface area contributed by atoms with E-state index in [0.29, 0.717) is 25.9 Å². The Hall–Kier alpha value is -2.11. The molecule has 1 aliphatic heterocycles. The summed E-state index contributed by atoms with van der Waals surface area (Å²) in [5.41, 5.74) is 5.38. The predicted molar refractivity (Wildman–Crippen MR) is 68.9 cm³/mol. The van der Waals surface area contributed by atoms with Gasteiger partial charge in [0.05, 0.1) is 5.69 Å². The monoisotopic (exact) mass is 265 g/mol. The fourth-order valence-corrected chi connectivity index (χ4v) is 2.12. The molecule has 0 aliphatic carbocycles. The minimum atomic E-state index is -0.470. The number of primary amides is 1. The van der Waals surface area contributed by atoms with Gasteiger partial charge < -0.3 is 16.0 Å². The third kappa shape index (κ3) is 3.21. The maximum atomic E-state index is 13.4. The maximum Gasteiger partial charge on any atom is 0.321 e. The van der Waals surface area contributed by atoms with E-state index in [1.54, 1.807) is 17.0 Å². The summed E-state index contributed by atoms with van der Waals surface area (Å²) in [4.78, 5) is 24.5. The van der Waals surface area contributed by atoms with Crippen molar-refractivity contribution < 1.29 is 14.0 Å². The molecule has 102 valence electrons. The standard InChI is InChI=1S/C13H16FN3O2/c14-10-3-1-2-4-11(10)16-13(19)17-7-5-9(6-8-17)12(15)18/h1-4,9H,5-8H2,(H2,15,18)(H,16,19). The number of amides is 3. The highest BCUT2D eigenvalue weighted by molar-refractivity contribution is 5.89. The van der Waals surface area contributed by atoms with Gasteiger partial charge in [-0.2, -0.15) is 0 Å². The van der Waals surface area contributed by atoms with Gasteiger partial charge in [-0.15, -0.1) is 0 Å². The van der Waals surface area contributed by atoms with Crippen LogP contribution in [-0.2, 0) is 4.79 Å². The third-order valence-corrected chi connectivity index (χ3v) is 3.30. The van der Waals surface area contributed by atoms with E-state index in [-0.39, 0.29) is 23.5 Å². The summed E-state index contributed by atoms with van der Waals surface area (Å²) in [5.74, 6) is -0.963. The molecule has 6 heteroatoms. The third-order valence-electron chi connectivity index (χ3n) is 3.30. The maximum absolute atomic E-state index is 13.4. The normalized spacial score (nSPS) is 16.2. The summed E-state index contributed by atoms with van der Waals surface area (Å²) in [5, 5.41) is 2.52. The molecule has 0 aromatic heterocycles. The number of urea groups is 1. The summed E-state index contributed by atoms with van der Waals surface area (Å²) < 4.78 is 13.4. The molecule has 0 saturated carbocycles. The van der Waals surface area contributed by atoms with E-state index in [1.165, 1.54) is 12.1 Å². The smallest absolute Gasteiger partial charge is 0.321 e. The number of rotatable bonds is 2. The number of nitrogens with two attached hydrogens (primary N) is 1. The van der Waals surface area contributed by atoms with Gasteiger partial charge in [0, 0.05) is 19.0 Å². The second-order valence-corrected chi connectivity index (χ2v) is 4.57. The number of hydrogen-bond donors (Lipinski definition) is 2. The van der Waals surface area contributed by atoms with Gasteiger partial charge in [0.25, 0.3) is 0 Å². The van der Waals surface area contributed by atoms with Crippen molar-refractivity contribution in [3.63, 3.8) is 0 Å². The molecular formula is C13H16FN3O2. The van der Waals surface area contributed by atoms with Crippen LogP contribution >= 0.6 is 0 Å². The van der Waals surface area contributed by atoms with Crippen molar-refractivity contribution in [2.45, 2.75) is 12.8 Å². The van der Waals surface area contributed by atoms with Crippen molar-refractivity contribution in [2.75, 3.05) is 18.4 Å². The van der Waals surface area contributed by atoms with Crippen LogP contribution in [0.15, 0.2) is 24.3 Å². The van der Waals surface area contributed by atoms with Crippen LogP contribution in [0.1, 0.15) is 12.8 Å². The molecule has 1 aliphatic rings. The minimum absolute atomic E-state index is 0.157. The van der Waals surface area contributed by atoms with Gasteiger partial charge in [0.15, 0.2) is 0 Å². The Kier molecular flexibility index (Phi) is 3.99. The lowest BCUT2D eigenvalue weighted by molar-refractivity contribution is -0.122. The van der Waals surface area contributed by atoms with Crippen molar-refractivity contribution in [2.24, 2.45) is 11.7 Å². The van der Waals surface area contributed by atoms with Crippen molar-refractivity contribution in [3.8, 4) is 0 Å². The highest BCUT2D eigenvalue weighted by Crippen LogP contribution is 2.18. The lowest BCUT2D eigenvalue weighted by atomic mass is 9.96. The van der Waals surface area contributed by atoms with Gasteiger partial charge >= 0.3 is 6.03 Å². The van der Waals surface area contributed by atoms with E-state index in [2.05, 4.69) is 5.32 Å². The van der Waals surface area contributed by atoms with Crippen molar-refractivity contribution in [1.29, 1.82) is 0 Å². The van der Waals surface area contributed by atoms with Crippen LogP contribution in [0.5, 0.6) is 0 Å². The molecule has 3 N–H and O–H groups in total. The van der Waals surface area contributed by atoms with E-state index in [1.807, 2.05) is 0 Å². The zero-order valence-electron chi connectivity index (χ0n) is 10.4. The zero-order chi connectivity index (χ0) is 13.8. The van der Waals surface area contributed by atoms with E-state index in [9.17, 15) is 14.0 Å². The largest absolute Gasteiger partial charge is 0.369 e. The number of carbonyl (C=O) groups is 2. The van der Waals surface area contributed by atoms with Crippen LogP contribution in [0, 0.1) is 11.7 Å². The van der Waals surface area contributed by atoms with Gasteiger partial charge in [-0.25, -0.2) is 9.18 Å². The number of nitrogens with one attached hydrogen (secondary N) is 1. The first-order valence-electron chi connectivity index (χ1n) is 6.17. The lowest BCUT2D eigenvalue weighted by Crippen LogP contribution is -2.43. The molecule has 2 rings (SSSR count). The Labute approximate surface area is 110 Å². The number of anilines is 1. The van der Waals surface area contributed by atoms with Gasteiger partial charge in [-0.3, -0.25) is 4.79 Å². The van der Waals surface area contributed by atoms with Gasteiger partial charge in [-0.05, 0) is 25.0 Å². The van der Waals surface area contributed by atoms with Crippen LogP contribution in [0.2, 0.25) is 0 Å². The molecule has 0 radical (unpaired) electrons. The second kappa shape index (κ2) is 5.69. The molecule has 19 heavy (non-hydrogen) atoms. The molecule has 0 unspecified atom stereocenters. The minimum Gasteiger partial charge on any atom is -0.369 e. The SMILES string of the molecule is NC(=O)C1CCN(C(=O)Nc2ccccc2F)CC1. The number of para-hydroxylation sites is 1. The van der Waals surface area contributed by atoms with E-state index < -0.39 is 5.82 Å². The van der Waals surface area contributed by atoms with Gasteiger partial charge in [0.2, 0.25) is 5.91 Å². The fourth-order valence-electron chi connectivity index (χ4n) is 2.12. The van der Waals surface area contributed by atoms with E-state index in [4.69, 9.17) is 5.73 Å². The molecule has 5 nitrogen and oxygen atoms in total. The molecule has 1 aromatic carbocycles. The Morgan fingerprint density at radius 3 is 2.47 bits per heavy atom. The highest BCUT2D eigenvalue weighted by Gasteiger charge is 2.26. The molecule has 1 heterocycles. The Bertz CT molecular complexity index is 485. The van der Waals surface area contributed by atoms with Crippen LogP contribution in [0.25, 0.3) is 0 Å². The first kappa shape index (κ1) is 13.3. The molecule has 0 atom stereocenters. The number of nitrogens with zero attached hydrogens (tertiary/aromatic N) is 1. The summed E-state index contributed by atoms with van der Waals surface area (Å²) in [6, 6.07) is 5.65. The molecule has 1 fully saturated rings. The van der Waals surface area contributed by atoms with Crippen molar-refractivity contribution in [1.82, 2.24) is 4.90 Å². The van der Waals surface area contributed by atoms with E-state index >= 15 is 0 Å². The average molecular weight is 265 g/mol. The predicted octanol–water partition coefficient (Wildman–Crippen LogP) is 1.55. The summed E-state index contributed by atoms with van der Waals surface area (Å²) in [6.07, 6.45) is 1.11. The zero-order valence-corrected chi connectivity index (χ0v) is 10.4. The Morgan fingerprint density at radius 1 is 1.26 bits per heavy atom. The second-order valence-electron chi connectivity index (χ2n) is 4.57. The van der Waals surface area contributed by atoms with Crippen LogP contribution < -0.4 is 11.1 Å². The Morgan fingerprint density at radius 2 is 1.89 bits per heavy atom. The van der Waals surface area contributed by atoms with Crippen molar-refractivity contribution in [3.05, 3.63) is 30.1 Å². The highest BCUT2D eigenvalue weighted by atomic mass is 19.1. The fraction of sp³-hybridized carbons (Fsp3) is 0.385. The number of carbonyl (C=O) groups excluding carboxylic acids is 2. The summed E-state index contributed by atoms with van der Waals surface area (Å²) >= 11 is 0. The van der Waals surface area contributed by atoms with Gasteiger partial charge in [0.1, 0.15) is 5.82 Å². The van der Waals surface area contributed by atoms with Crippen molar-refractivity contribution >= 4 is 17.6 Å². The van der Waals surface area contributed by atoms with Crippen LogP contribution in [0.4, 0.5) is 14.9 Å². The molecule has 3 amide bonds. The lowest BCUT2D eigenvalue weighted by Gasteiger charge is -2.30. The number of piperidine rings is 1. The van der Waals surface area contributed by atoms with E-state index in [0.717, 1.165) is 0 Å². The molecular weight excluding hydrogens is 249 g/mol. The quantitative estimate of drug-likeness (QED) is 0.851. The number of hydrogen-bond acceptors (Lipinski definition) is 2. The number of benzene rings is 1. The number of likely N-dealkylation sites (tertiary alicyclic amines) is 1. The number of halogens is 1. The first-order valence-corrected chi connectivity index (χ1v) is 6.17. The Balaban J connectivity index is 1.92. The average Bonchev–Trinajstić information content (AvgIpc) is 2.41. The summed E-state index contributed by atoms with van der Waals surface area (Å²) in [7, 11) is 0. The topological polar surface area (TPSA) is 75.4 Å². The van der Waals surface area contributed by atoms with Gasteiger partial charge in [-0.1, -0.05) is 12.1 Å². The van der Waals surface area contributed by atoms with Crippen LogP contribution in [-0.4, -0.2) is 29.9 Å².